The molecule has 7 nitrogen and oxygen atoms in total. The molecule has 0 aliphatic carbocycles. The summed E-state index contributed by atoms with van der Waals surface area (Å²) in [6.07, 6.45) is 16.4. The molecule has 0 rings (SSSR count). The average Bonchev–Trinajstić information content (AvgIpc) is 2.57. The summed E-state index contributed by atoms with van der Waals surface area (Å²) in [4.78, 5) is 33.2. The Labute approximate surface area is 168 Å². The summed E-state index contributed by atoms with van der Waals surface area (Å²) in [6.45, 7) is 0.755. The number of rotatable bonds is 19. The fraction of sp³-hybridized carbons (Fsp3) is 0.762. The van der Waals surface area contributed by atoms with Gasteiger partial charge in [-0.25, -0.2) is 9.59 Å². The van der Waals surface area contributed by atoms with Crippen molar-refractivity contribution in [2.45, 2.75) is 77.6 Å². The Bertz CT molecular complexity index is 448. The molecule has 2 N–H and O–H groups in total. The molecule has 0 saturated carbocycles. The lowest BCUT2D eigenvalue weighted by Gasteiger charge is -2.36. The van der Waals surface area contributed by atoms with Gasteiger partial charge in [0.05, 0.1) is 12.5 Å². The lowest BCUT2D eigenvalue weighted by atomic mass is 10.1. The fourth-order valence-corrected chi connectivity index (χ4v) is 3.42. The first-order valence-corrected chi connectivity index (χ1v) is 10.4. The van der Waals surface area contributed by atoms with Gasteiger partial charge < -0.3 is 24.6 Å². The van der Waals surface area contributed by atoms with Gasteiger partial charge in [-0.1, -0.05) is 51.2 Å². The summed E-state index contributed by atoms with van der Waals surface area (Å²) in [5.41, 5.74) is 0. The van der Waals surface area contributed by atoms with Crippen LogP contribution in [0, 0.1) is 0 Å². The van der Waals surface area contributed by atoms with Gasteiger partial charge in [-0.15, -0.1) is 0 Å². The van der Waals surface area contributed by atoms with Crippen molar-refractivity contribution in [3.63, 3.8) is 0 Å². The monoisotopic (exact) mass is 399 g/mol. The number of carbonyl (C=O) groups is 3. The van der Waals surface area contributed by atoms with E-state index in [0.29, 0.717) is 6.42 Å². The minimum atomic E-state index is -1.43. The number of carbonyl (C=O) groups excluding carboxylic acids is 1. The quantitative estimate of drug-likeness (QED) is 0.196. The predicted octanol–water partition coefficient (Wildman–Crippen LogP) is 2.59. The summed E-state index contributed by atoms with van der Waals surface area (Å²) in [5, 5.41) is 29.1. The van der Waals surface area contributed by atoms with Crippen molar-refractivity contribution >= 4 is 17.9 Å². The number of hydrogen-bond donors (Lipinski definition) is 2. The van der Waals surface area contributed by atoms with E-state index in [0.717, 1.165) is 25.7 Å². The lowest BCUT2D eigenvalue weighted by molar-refractivity contribution is -0.909. The van der Waals surface area contributed by atoms with Gasteiger partial charge >= 0.3 is 11.9 Å². The SMILES string of the molecule is CCCCCCCC/C=C/CCCCC[N+](CC(=O)[O-])(CC(=O)O)CC(=O)O. The van der Waals surface area contributed by atoms with Crippen LogP contribution in [0.1, 0.15) is 77.6 Å². The van der Waals surface area contributed by atoms with E-state index in [1.165, 1.54) is 38.5 Å². The predicted molar refractivity (Wildman–Crippen MR) is 106 cm³/mol. The molecule has 0 atom stereocenters. The second-order valence-electron chi connectivity index (χ2n) is 7.58. The van der Waals surface area contributed by atoms with Crippen molar-refractivity contribution in [3.05, 3.63) is 12.2 Å². The summed E-state index contributed by atoms with van der Waals surface area (Å²) >= 11 is 0. The van der Waals surface area contributed by atoms with E-state index in [1.54, 1.807) is 0 Å². The zero-order valence-corrected chi connectivity index (χ0v) is 17.2. The molecule has 162 valence electrons. The number of quaternary nitrogens is 1. The van der Waals surface area contributed by atoms with E-state index in [4.69, 9.17) is 10.2 Å². The average molecular weight is 400 g/mol. The Kier molecular flexibility index (Phi) is 15.0. The maximum absolute atomic E-state index is 11.1. The van der Waals surface area contributed by atoms with E-state index in [-0.39, 0.29) is 6.54 Å². The molecule has 0 amide bonds. The Morgan fingerprint density at radius 2 is 1.21 bits per heavy atom. The standard InChI is InChI=1S/C21H37NO6/c1-2-3-4-5-6-7-8-9-10-11-12-13-14-15-22(16-19(23)24,17-20(25)26)18-21(27)28/h9-10H,2-8,11-18H2,1H3,(H2-,23,24,25,26,27,28)/b10-9+. The molecular formula is C21H37NO6. The largest absolute Gasteiger partial charge is 0.544 e. The van der Waals surface area contributed by atoms with Gasteiger partial charge in [-0.2, -0.15) is 0 Å². The maximum Gasteiger partial charge on any atom is 0.359 e. The van der Waals surface area contributed by atoms with Crippen molar-refractivity contribution in [1.82, 2.24) is 0 Å². The van der Waals surface area contributed by atoms with Crippen molar-refractivity contribution in [2.24, 2.45) is 0 Å². The van der Waals surface area contributed by atoms with Gasteiger partial charge in [0.2, 0.25) is 0 Å². The normalized spacial score (nSPS) is 11.8. The number of allylic oxidation sites excluding steroid dienone is 2. The van der Waals surface area contributed by atoms with Gasteiger partial charge in [0.15, 0.2) is 13.1 Å². The molecule has 0 aromatic rings. The van der Waals surface area contributed by atoms with E-state index in [1.807, 2.05) is 0 Å². The molecule has 0 radical (unpaired) electrons. The van der Waals surface area contributed by atoms with Gasteiger partial charge in [-0.05, 0) is 38.5 Å². The highest BCUT2D eigenvalue weighted by Crippen LogP contribution is 2.12. The molecule has 0 heterocycles. The molecule has 28 heavy (non-hydrogen) atoms. The Morgan fingerprint density at radius 1 is 0.750 bits per heavy atom. The second kappa shape index (κ2) is 16.1. The van der Waals surface area contributed by atoms with Gasteiger partial charge in [0.1, 0.15) is 6.54 Å². The van der Waals surface area contributed by atoms with E-state index in [2.05, 4.69) is 19.1 Å². The van der Waals surface area contributed by atoms with Crippen molar-refractivity contribution < 1.29 is 34.2 Å². The second-order valence-corrected chi connectivity index (χ2v) is 7.58. The highest BCUT2D eigenvalue weighted by atomic mass is 16.4. The summed E-state index contributed by atoms with van der Waals surface area (Å²) < 4.78 is -0.513. The van der Waals surface area contributed by atoms with Crippen molar-refractivity contribution in [2.75, 3.05) is 26.2 Å². The molecule has 0 unspecified atom stereocenters. The van der Waals surface area contributed by atoms with Gasteiger partial charge in [-0.3, -0.25) is 0 Å². The zero-order valence-electron chi connectivity index (χ0n) is 17.2. The third-order valence-corrected chi connectivity index (χ3v) is 4.80. The minimum absolute atomic E-state index is 0.202. The van der Waals surface area contributed by atoms with E-state index >= 15 is 0 Å². The third kappa shape index (κ3) is 15.2. The molecule has 0 saturated heterocycles. The van der Waals surface area contributed by atoms with Crippen LogP contribution in [0.5, 0.6) is 0 Å². The number of carboxylic acids is 3. The van der Waals surface area contributed by atoms with Crippen LogP contribution in [-0.4, -0.2) is 58.8 Å². The van der Waals surface area contributed by atoms with E-state index in [9.17, 15) is 19.5 Å². The molecule has 0 aliphatic rings. The molecule has 0 fully saturated rings. The highest BCUT2D eigenvalue weighted by molar-refractivity contribution is 5.72. The highest BCUT2D eigenvalue weighted by Gasteiger charge is 2.33. The first-order valence-electron chi connectivity index (χ1n) is 10.4. The maximum atomic E-state index is 11.1. The number of nitrogens with zero attached hydrogens (tertiary/aromatic N) is 1. The van der Waals surface area contributed by atoms with E-state index < -0.39 is 42.0 Å². The van der Waals surface area contributed by atoms with Crippen LogP contribution in [0.25, 0.3) is 0 Å². The fourth-order valence-electron chi connectivity index (χ4n) is 3.42. The van der Waals surface area contributed by atoms with Crippen LogP contribution in [0.15, 0.2) is 12.2 Å². The number of carboxylic acid groups (broad SMARTS) is 3. The first kappa shape index (κ1) is 26.1. The van der Waals surface area contributed by atoms with Crippen LogP contribution >= 0.6 is 0 Å². The van der Waals surface area contributed by atoms with Crippen molar-refractivity contribution in [1.29, 1.82) is 0 Å². The van der Waals surface area contributed by atoms with Gasteiger partial charge in [0, 0.05) is 0 Å². The Morgan fingerprint density at radius 3 is 1.68 bits per heavy atom. The van der Waals surface area contributed by atoms with Gasteiger partial charge in [0.25, 0.3) is 0 Å². The summed E-state index contributed by atoms with van der Waals surface area (Å²) in [6, 6.07) is 0. The summed E-state index contributed by atoms with van der Waals surface area (Å²) in [7, 11) is 0. The number of aliphatic carboxylic acids is 3. The van der Waals surface area contributed by atoms with Crippen LogP contribution in [0.4, 0.5) is 0 Å². The molecule has 0 aromatic heterocycles. The zero-order chi connectivity index (χ0) is 21.3. The van der Waals surface area contributed by atoms with Crippen molar-refractivity contribution in [3.8, 4) is 0 Å². The molecular weight excluding hydrogens is 362 g/mol. The summed E-state index contributed by atoms with van der Waals surface area (Å²) in [5.74, 6) is -3.85. The molecule has 0 spiro atoms. The van der Waals surface area contributed by atoms with Crippen LogP contribution < -0.4 is 5.11 Å². The number of unbranched alkanes of at least 4 members (excludes halogenated alkanes) is 9. The molecule has 0 aliphatic heterocycles. The minimum Gasteiger partial charge on any atom is -0.544 e. The third-order valence-electron chi connectivity index (χ3n) is 4.80. The number of hydrogen-bond acceptors (Lipinski definition) is 4. The molecule has 0 aromatic carbocycles. The molecule has 0 bridgehead atoms. The molecule has 7 heteroatoms. The lowest BCUT2D eigenvalue weighted by Crippen LogP contribution is -2.59. The van der Waals surface area contributed by atoms with Crippen LogP contribution in [0.2, 0.25) is 0 Å². The van der Waals surface area contributed by atoms with Crippen LogP contribution in [-0.2, 0) is 14.4 Å². The smallest absolute Gasteiger partial charge is 0.359 e. The topological polar surface area (TPSA) is 115 Å². The van der Waals surface area contributed by atoms with Crippen LogP contribution in [0.3, 0.4) is 0 Å². The first-order chi connectivity index (χ1) is 13.3. The Hall–Kier alpha value is -1.89. The Balaban J connectivity index is 4.12.